The molecular formula is C5H8F2N2. The Kier molecular flexibility index (Phi) is 1.97. The Labute approximate surface area is 52.1 Å². The molecule has 0 aromatic rings. The van der Waals surface area contributed by atoms with Crippen molar-refractivity contribution in [3.63, 3.8) is 0 Å². The molecule has 0 saturated carbocycles. The van der Waals surface area contributed by atoms with Crippen LogP contribution in [0.2, 0.25) is 0 Å². The molecule has 0 aromatic carbocycles. The van der Waals surface area contributed by atoms with Crippen LogP contribution in [0.25, 0.3) is 0 Å². The molecule has 2 nitrogen and oxygen atoms in total. The van der Waals surface area contributed by atoms with Crippen LogP contribution in [-0.2, 0) is 0 Å². The van der Waals surface area contributed by atoms with E-state index < -0.39 is 13.5 Å². The van der Waals surface area contributed by atoms with Gasteiger partial charge in [0, 0.05) is 13.0 Å². The maximum absolute atomic E-state index is 11.7. The number of nitrogens with zero attached hydrogens (tertiary/aromatic N) is 2. The van der Waals surface area contributed by atoms with E-state index in [9.17, 15) is 8.78 Å². The second-order valence-electron chi connectivity index (χ2n) is 1.90. The van der Waals surface area contributed by atoms with Crippen molar-refractivity contribution in [1.82, 2.24) is 5.01 Å². The fourth-order valence-corrected chi connectivity index (χ4v) is 0.738. The number of hydrogen-bond donors (Lipinski definition) is 0. The van der Waals surface area contributed by atoms with Crippen LogP contribution in [0.15, 0.2) is 5.10 Å². The van der Waals surface area contributed by atoms with Crippen molar-refractivity contribution in [3.05, 3.63) is 0 Å². The molecule has 1 rings (SSSR count). The Balaban J connectivity index is 2.40. The Morgan fingerprint density at radius 2 is 2.33 bits per heavy atom. The summed E-state index contributed by atoms with van der Waals surface area (Å²) in [5.41, 5.74) is 0.452. The number of halogens is 2. The minimum atomic E-state index is -0.608. The molecular weight excluding hydrogens is 126 g/mol. The average molecular weight is 134 g/mol. The van der Waals surface area contributed by atoms with Crippen LogP contribution in [0.1, 0.15) is 6.42 Å². The first kappa shape index (κ1) is 6.45. The third-order valence-electron chi connectivity index (χ3n) is 1.23. The molecule has 0 radical (unpaired) electrons. The fourth-order valence-electron chi connectivity index (χ4n) is 0.738. The first-order valence-electron chi connectivity index (χ1n) is 2.80. The molecule has 52 valence electrons. The van der Waals surface area contributed by atoms with E-state index in [2.05, 4.69) is 5.10 Å². The summed E-state index contributed by atoms with van der Waals surface area (Å²) in [4.78, 5) is 0. The van der Waals surface area contributed by atoms with E-state index in [0.29, 0.717) is 18.7 Å². The van der Waals surface area contributed by atoms with Gasteiger partial charge in [-0.1, -0.05) is 0 Å². The third-order valence-corrected chi connectivity index (χ3v) is 1.23. The molecule has 1 aliphatic heterocycles. The lowest BCUT2D eigenvalue weighted by Gasteiger charge is -2.04. The van der Waals surface area contributed by atoms with Gasteiger partial charge in [-0.25, -0.2) is 8.78 Å². The van der Waals surface area contributed by atoms with Crippen LogP contribution >= 0.6 is 0 Å². The van der Waals surface area contributed by atoms with Crippen LogP contribution in [0, 0.1) is 0 Å². The summed E-state index contributed by atoms with van der Waals surface area (Å²) in [6.45, 7) is -0.629. The van der Waals surface area contributed by atoms with E-state index in [1.165, 1.54) is 5.01 Å². The average Bonchev–Trinajstić information content (AvgIpc) is 2.34. The molecule has 4 heteroatoms. The highest BCUT2D eigenvalue weighted by molar-refractivity contribution is 5.86. The van der Waals surface area contributed by atoms with E-state index in [0.717, 1.165) is 0 Å². The monoisotopic (exact) mass is 134 g/mol. The van der Waals surface area contributed by atoms with Crippen molar-refractivity contribution in [1.29, 1.82) is 0 Å². The van der Waals surface area contributed by atoms with E-state index in [1.807, 2.05) is 0 Å². The van der Waals surface area contributed by atoms with Crippen molar-refractivity contribution in [2.24, 2.45) is 5.10 Å². The second kappa shape index (κ2) is 2.75. The molecule has 0 spiro atoms. The zero-order valence-electron chi connectivity index (χ0n) is 4.98. The molecule has 1 heterocycles. The Morgan fingerprint density at radius 3 is 2.67 bits per heavy atom. The van der Waals surface area contributed by atoms with Crippen molar-refractivity contribution in [3.8, 4) is 0 Å². The van der Waals surface area contributed by atoms with Crippen LogP contribution in [0.4, 0.5) is 8.78 Å². The summed E-state index contributed by atoms with van der Waals surface area (Å²) < 4.78 is 23.4. The summed E-state index contributed by atoms with van der Waals surface area (Å²) in [5, 5.41) is 4.84. The Hall–Kier alpha value is -0.670. The molecule has 1 aliphatic rings. The predicted octanol–water partition coefficient (Wildman–Crippen LogP) is 0.945. The lowest BCUT2D eigenvalue weighted by Crippen LogP contribution is -2.10. The number of hydrazone groups is 1. The molecule has 0 aliphatic carbocycles. The summed E-state index contributed by atoms with van der Waals surface area (Å²) in [7, 11) is 0. The first-order valence-corrected chi connectivity index (χ1v) is 2.80. The van der Waals surface area contributed by atoms with Gasteiger partial charge >= 0.3 is 0 Å². The van der Waals surface area contributed by atoms with Crippen LogP contribution < -0.4 is 0 Å². The minimum Gasteiger partial charge on any atom is -0.266 e. The summed E-state index contributed by atoms with van der Waals surface area (Å²) in [6.07, 6.45) is 0.570. The molecule has 0 atom stereocenters. The Morgan fingerprint density at radius 1 is 1.56 bits per heavy atom. The van der Waals surface area contributed by atoms with E-state index in [1.54, 1.807) is 0 Å². The van der Waals surface area contributed by atoms with Crippen molar-refractivity contribution < 1.29 is 8.78 Å². The van der Waals surface area contributed by atoms with Gasteiger partial charge in [0.2, 0.25) is 0 Å². The van der Waals surface area contributed by atoms with Gasteiger partial charge < -0.3 is 0 Å². The van der Waals surface area contributed by atoms with Gasteiger partial charge in [-0.05, 0) is 0 Å². The molecule has 0 amide bonds. The SMILES string of the molecule is FCC1=NN(CF)CC1. The van der Waals surface area contributed by atoms with Crippen molar-refractivity contribution >= 4 is 5.71 Å². The first-order chi connectivity index (χ1) is 4.36. The standard InChI is InChI=1S/C5H8F2N2/c6-3-5-1-2-9(4-7)8-5/h1-4H2. The quantitative estimate of drug-likeness (QED) is 0.513. The van der Waals surface area contributed by atoms with Gasteiger partial charge in [0.15, 0.2) is 6.80 Å². The highest BCUT2D eigenvalue weighted by Crippen LogP contribution is 2.05. The number of rotatable bonds is 2. The van der Waals surface area contributed by atoms with Crippen LogP contribution in [0.3, 0.4) is 0 Å². The smallest absolute Gasteiger partial charge is 0.176 e. The second-order valence-corrected chi connectivity index (χ2v) is 1.90. The Bertz CT molecular complexity index is 124. The van der Waals surface area contributed by atoms with Gasteiger partial charge in [0.25, 0.3) is 0 Å². The zero-order chi connectivity index (χ0) is 6.69. The van der Waals surface area contributed by atoms with Gasteiger partial charge in [0.1, 0.15) is 6.67 Å². The van der Waals surface area contributed by atoms with Gasteiger partial charge in [0.05, 0.1) is 5.71 Å². The van der Waals surface area contributed by atoms with E-state index >= 15 is 0 Å². The molecule has 0 bridgehead atoms. The fraction of sp³-hybridized carbons (Fsp3) is 0.800. The lowest BCUT2D eigenvalue weighted by atomic mass is 10.3. The highest BCUT2D eigenvalue weighted by atomic mass is 19.1. The van der Waals surface area contributed by atoms with Crippen molar-refractivity contribution in [2.45, 2.75) is 6.42 Å². The normalized spacial score (nSPS) is 18.4. The molecule has 0 unspecified atom stereocenters. The number of hydrogen-bond acceptors (Lipinski definition) is 2. The van der Waals surface area contributed by atoms with E-state index in [4.69, 9.17) is 0 Å². The minimum absolute atomic E-state index is 0.452. The predicted molar refractivity (Wildman–Crippen MR) is 30.7 cm³/mol. The van der Waals surface area contributed by atoms with Gasteiger partial charge in [-0.3, -0.25) is 5.01 Å². The molecule has 0 N–H and O–H groups in total. The summed E-state index contributed by atoms with van der Waals surface area (Å²) in [6, 6.07) is 0. The molecule has 0 fully saturated rings. The summed E-state index contributed by atoms with van der Waals surface area (Å²) >= 11 is 0. The lowest BCUT2D eigenvalue weighted by molar-refractivity contribution is 0.211. The molecule has 0 aromatic heterocycles. The molecule has 0 saturated heterocycles. The summed E-state index contributed by atoms with van der Waals surface area (Å²) in [5.74, 6) is 0. The maximum atomic E-state index is 11.7. The van der Waals surface area contributed by atoms with E-state index in [-0.39, 0.29) is 0 Å². The number of alkyl halides is 2. The molecule has 9 heavy (non-hydrogen) atoms. The van der Waals surface area contributed by atoms with Crippen molar-refractivity contribution in [2.75, 3.05) is 20.0 Å². The topological polar surface area (TPSA) is 15.6 Å². The van der Waals surface area contributed by atoms with Crippen LogP contribution in [0.5, 0.6) is 0 Å². The van der Waals surface area contributed by atoms with Crippen LogP contribution in [-0.4, -0.2) is 30.7 Å². The van der Waals surface area contributed by atoms with Gasteiger partial charge in [-0.15, -0.1) is 0 Å². The third kappa shape index (κ3) is 1.37. The largest absolute Gasteiger partial charge is 0.266 e. The highest BCUT2D eigenvalue weighted by Gasteiger charge is 2.12. The maximum Gasteiger partial charge on any atom is 0.176 e. The zero-order valence-corrected chi connectivity index (χ0v) is 4.98. The van der Waals surface area contributed by atoms with Gasteiger partial charge in [-0.2, -0.15) is 5.10 Å².